The van der Waals surface area contributed by atoms with Gasteiger partial charge in [-0.15, -0.1) is 0 Å². The Kier molecular flexibility index (Phi) is 15.4. The standard InChI is InChI=1S/C50H64O8.C3H6O/c1-29(51)57-45-33-16-34-20-42(50(12,13)14)24-38(46(34)58-30(2)52)28-56-26-36-22-40(48(6,7)8)18-32(44(36)54)15-31-17-39(47(3,4)5)21-35(43(31)53)25-55-27-37(45)23-41(19-33)49(9,10)11;1-3(2)4/h17-24,53-54H,15-16,25-28H2,1-14H3;1-2H3. The molecule has 9 heteroatoms. The summed E-state index contributed by atoms with van der Waals surface area (Å²) in [5, 5.41) is 23.7. The van der Waals surface area contributed by atoms with Crippen molar-refractivity contribution < 1.29 is 43.5 Å². The second-order valence-corrected chi connectivity index (χ2v) is 21.0. The number of phenolic OH excluding ortho intramolecular Hbond substituents is 2. The van der Waals surface area contributed by atoms with Crippen LogP contribution in [0, 0.1) is 0 Å². The van der Waals surface area contributed by atoms with Gasteiger partial charge in [-0.1, -0.05) is 107 Å². The smallest absolute Gasteiger partial charge is 0.308 e. The minimum Gasteiger partial charge on any atom is -0.507 e. The largest absolute Gasteiger partial charge is 0.507 e. The number of hydrogen-bond acceptors (Lipinski definition) is 9. The fourth-order valence-electron chi connectivity index (χ4n) is 7.23. The van der Waals surface area contributed by atoms with Crippen molar-refractivity contribution >= 4 is 17.7 Å². The lowest BCUT2D eigenvalue weighted by molar-refractivity contribution is -0.132. The van der Waals surface area contributed by atoms with Crippen molar-refractivity contribution in [2.75, 3.05) is 0 Å². The van der Waals surface area contributed by atoms with Gasteiger partial charge in [0.25, 0.3) is 0 Å². The number of phenols is 2. The van der Waals surface area contributed by atoms with Crippen molar-refractivity contribution in [2.45, 2.75) is 172 Å². The van der Waals surface area contributed by atoms with Crippen LogP contribution in [0.25, 0.3) is 0 Å². The zero-order valence-corrected chi connectivity index (χ0v) is 40.1. The molecule has 1 aliphatic rings. The Morgan fingerprint density at radius 3 is 0.919 bits per heavy atom. The van der Waals surface area contributed by atoms with Gasteiger partial charge in [-0.2, -0.15) is 0 Å². The van der Waals surface area contributed by atoms with Gasteiger partial charge in [0.2, 0.25) is 0 Å². The molecule has 1 heterocycles. The fourth-order valence-corrected chi connectivity index (χ4v) is 7.23. The SMILES string of the molecule is CC(=O)Oc1c2cc(C(C)(C)C)cc1Cc1cc(C(C)(C)C)cc(c1OC(C)=O)COCc1cc(C(C)(C)C)cc(c1O)Cc1cc(C(C)(C)C)cc(c1O)COC2.CC(C)=O. The monoisotopic (exact) mass is 851 g/mol. The Morgan fingerprint density at radius 2 is 0.645 bits per heavy atom. The zero-order chi connectivity index (χ0) is 46.7. The van der Waals surface area contributed by atoms with Gasteiger partial charge in [0.1, 0.15) is 28.8 Å². The molecule has 9 nitrogen and oxygen atoms in total. The van der Waals surface area contributed by atoms with Crippen LogP contribution in [0.2, 0.25) is 0 Å². The number of carbonyl (C=O) groups excluding carboxylic acids is 3. The van der Waals surface area contributed by atoms with Crippen LogP contribution in [0.3, 0.4) is 0 Å². The molecule has 0 saturated carbocycles. The van der Waals surface area contributed by atoms with Gasteiger partial charge in [0, 0.05) is 60.1 Å². The molecule has 0 saturated heterocycles. The third-order valence-electron chi connectivity index (χ3n) is 10.8. The van der Waals surface area contributed by atoms with E-state index < -0.39 is 11.9 Å². The molecule has 0 aliphatic carbocycles. The van der Waals surface area contributed by atoms with E-state index in [0.29, 0.717) is 44.9 Å². The summed E-state index contributed by atoms with van der Waals surface area (Å²) in [5.41, 5.74) is 8.43. The van der Waals surface area contributed by atoms with Crippen LogP contribution in [-0.2, 0) is 84.8 Å². The molecule has 336 valence electrons. The minimum absolute atomic E-state index is 0.0814. The molecule has 0 unspecified atom stereocenters. The summed E-state index contributed by atoms with van der Waals surface area (Å²) in [7, 11) is 0. The van der Waals surface area contributed by atoms with Crippen LogP contribution in [-0.4, -0.2) is 27.9 Å². The topological polar surface area (TPSA) is 129 Å². The quantitative estimate of drug-likeness (QED) is 0.150. The van der Waals surface area contributed by atoms with E-state index in [1.165, 1.54) is 27.7 Å². The molecule has 0 amide bonds. The highest BCUT2D eigenvalue weighted by Crippen LogP contribution is 2.41. The molecule has 0 aromatic heterocycles. The molecule has 0 fully saturated rings. The summed E-state index contributed by atoms with van der Waals surface area (Å²) in [4.78, 5) is 35.0. The third-order valence-corrected chi connectivity index (χ3v) is 10.8. The average Bonchev–Trinajstić information content (AvgIpc) is 3.10. The van der Waals surface area contributed by atoms with E-state index in [2.05, 4.69) is 95.2 Å². The Hall–Kier alpha value is -4.99. The second-order valence-electron chi connectivity index (χ2n) is 21.0. The molecule has 0 atom stereocenters. The van der Waals surface area contributed by atoms with E-state index in [-0.39, 0.29) is 78.2 Å². The zero-order valence-electron chi connectivity index (χ0n) is 40.1. The molecule has 62 heavy (non-hydrogen) atoms. The van der Waals surface area contributed by atoms with Gasteiger partial charge in [-0.3, -0.25) is 9.59 Å². The molecule has 8 bridgehead atoms. The van der Waals surface area contributed by atoms with Crippen molar-refractivity contribution in [1.29, 1.82) is 0 Å². The number of ketones is 1. The van der Waals surface area contributed by atoms with Crippen LogP contribution < -0.4 is 9.47 Å². The van der Waals surface area contributed by atoms with Crippen molar-refractivity contribution in [1.82, 2.24) is 0 Å². The number of Topliss-reactive ketones (excluding diaryl/α,β-unsaturated/α-hetero) is 1. The average molecular weight is 851 g/mol. The first-order valence-electron chi connectivity index (χ1n) is 21.5. The fraction of sp³-hybridized carbons (Fsp3) is 0.491. The highest BCUT2D eigenvalue weighted by atomic mass is 16.5. The van der Waals surface area contributed by atoms with Crippen LogP contribution in [0.5, 0.6) is 23.0 Å². The number of aromatic hydroxyl groups is 2. The Balaban J connectivity index is 0.00000202. The van der Waals surface area contributed by atoms with Crippen LogP contribution in [0.15, 0.2) is 48.5 Å². The highest BCUT2D eigenvalue weighted by Gasteiger charge is 2.27. The number of ether oxygens (including phenoxy) is 4. The summed E-state index contributed by atoms with van der Waals surface area (Å²) in [6, 6.07) is 16.1. The van der Waals surface area contributed by atoms with E-state index in [4.69, 9.17) is 18.9 Å². The minimum atomic E-state index is -0.473. The molecular weight excluding hydrogens is 781 g/mol. The molecule has 4 aromatic carbocycles. The number of fused-ring (bicyclic) bond motifs is 8. The van der Waals surface area contributed by atoms with E-state index in [1.807, 2.05) is 36.4 Å². The maximum absolute atomic E-state index is 12.8. The predicted octanol–water partition coefficient (Wildman–Crippen LogP) is 11.7. The molecule has 2 N–H and O–H groups in total. The van der Waals surface area contributed by atoms with Crippen molar-refractivity contribution in [3.05, 3.63) is 115 Å². The number of benzene rings is 4. The number of hydrogen-bond donors (Lipinski definition) is 2. The molecule has 5 rings (SSSR count). The van der Waals surface area contributed by atoms with Gasteiger partial charge < -0.3 is 34.0 Å². The Labute approximate surface area is 370 Å². The first-order chi connectivity index (χ1) is 28.4. The summed E-state index contributed by atoms with van der Waals surface area (Å²) in [6.07, 6.45) is 0.543. The summed E-state index contributed by atoms with van der Waals surface area (Å²) in [6.45, 7) is 31.7. The summed E-state index contributed by atoms with van der Waals surface area (Å²) >= 11 is 0. The third kappa shape index (κ3) is 13.0. The molecule has 1 aliphatic heterocycles. The number of rotatable bonds is 2. The second kappa shape index (κ2) is 19.2. The molecule has 0 spiro atoms. The first-order valence-corrected chi connectivity index (χ1v) is 21.5. The van der Waals surface area contributed by atoms with E-state index >= 15 is 0 Å². The first kappa shape index (κ1) is 49.7. The molecule has 0 radical (unpaired) electrons. The van der Waals surface area contributed by atoms with Crippen LogP contribution in [0.1, 0.15) is 178 Å². The number of esters is 2. The van der Waals surface area contributed by atoms with Crippen LogP contribution >= 0.6 is 0 Å². The van der Waals surface area contributed by atoms with Crippen LogP contribution in [0.4, 0.5) is 0 Å². The van der Waals surface area contributed by atoms with Crippen molar-refractivity contribution in [3.63, 3.8) is 0 Å². The Bertz CT molecular complexity index is 2150. The number of carbonyl (C=O) groups is 3. The lowest BCUT2D eigenvalue weighted by atomic mass is 9.82. The predicted molar refractivity (Wildman–Crippen MR) is 245 cm³/mol. The maximum atomic E-state index is 12.8. The van der Waals surface area contributed by atoms with Crippen molar-refractivity contribution in [2.24, 2.45) is 0 Å². The maximum Gasteiger partial charge on any atom is 0.308 e. The Morgan fingerprint density at radius 1 is 0.419 bits per heavy atom. The van der Waals surface area contributed by atoms with E-state index in [1.54, 1.807) is 0 Å². The van der Waals surface area contributed by atoms with E-state index in [0.717, 1.165) is 33.4 Å². The summed E-state index contributed by atoms with van der Waals surface area (Å²) < 4.78 is 25.0. The van der Waals surface area contributed by atoms with Gasteiger partial charge in [0.15, 0.2) is 0 Å². The van der Waals surface area contributed by atoms with Gasteiger partial charge in [-0.05, 0) is 93.2 Å². The summed E-state index contributed by atoms with van der Waals surface area (Å²) in [5.74, 6) is 0.214. The highest BCUT2D eigenvalue weighted by molar-refractivity contribution is 5.73. The normalized spacial score (nSPS) is 13.9. The lowest BCUT2D eigenvalue weighted by Crippen LogP contribution is -2.17. The van der Waals surface area contributed by atoms with Gasteiger partial charge in [0.05, 0.1) is 26.4 Å². The van der Waals surface area contributed by atoms with Gasteiger partial charge >= 0.3 is 11.9 Å². The van der Waals surface area contributed by atoms with Gasteiger partial charge in [-0.25, -0.2) is 0 Å². The molecule has 4 aromatic rings. The van der Waals surface area contributed by atoms with Crippen molar-refractivity contribution in [3.8, 4) is 23.0 Å². The molecular formula is C53H70O9. The van der Waals surface area contributed by atoms with E-state index in [9.17, 15) is 24.6 Å². The lowest BCUT2D eigenvalue weighted by Gasteiger charge is -2.26.